The number of thiophene rings is 1. The molecule has 3 aromatic rings. The summed E-state index contributed by atoms with van der Waals surface area (Å²) >= 11 is 1.68. The highest BCUT2D eigenvalue weighted by Gasteiger charge is 2.58. The molecule has 1 aromatic carbocycles. The van der Waals surface area contributed by atoms with E-state index in [-0.39, 0.29) is 36.2 Å². The first-order valence-corrected chi connectivity index (χ1v) is 20.5. The Hall–Kier alpha value is -3.20. The largest absolute Gasteiger partial charge is 0.461 e. The Balaban J connectivity index is 1.37. The first-order chi connectivity index (χ1) is 24.9. The normalized spacial score (nSPS) is 29.7. The van der Waals surface area contributed by atoms with E-state index in [9.17, 15) is 19.8 Å². The Labute approximate surface area is 314 Å². The third kappa shape index (κ3) is 8.45. The summed E-state index contributed by atoms with van der Waals surface area (Å²) in [6, 6.07) is 13.5. The number of hydrogen-bond acceptors (Lipinski definition) is 7. The maximum absolute atomic E-state index is 14.4. The van der Waals surface area contributed by atoms with Crippen LogP contribution in [0.5, 0.6) is 0 Å². The van der Waals surface area contributed by atoms with Gasteiger partial charge in [0.05, 0.1) is 24.5 Å². The van der Waals surface area contributed by atoms with Crippen molar-refractivity contribution >= 4 is 23.2 Å². The van der Waals surface area contributed by atoms with Gasteiger partial charge in [0.1, 0.15) is 6.10 Å². The molecule has 52 heavy (non-hydrogen) atoms. The quantitative estimate of drug-likeness (QED) is 0.168. The molecule has 2 saturated carbocycles. The molecule has 0 radical (unpaired) electrons. The van der Waals surface area contributed by atoms with E-state index in [2.05, 4.69) is 52.1 Å². The van der Waals surface area contributed by atoms with Crippen molar-refractivity contribution in [3.05, 3.63) is 93.1 Å². The molecule has 282 valence electrons. The fourth-order valence-corrected chi connectivity index (χ4v) is 10.1. The molecule has 0 saturated heterocycles. The van der Waals surface area contributed by atoms with Gasteiger partial charge in [0.2, 0.25) is 5.78 Å². The van der Waals surface area contributed by atoms with E-state index in [1.54, 1.807) is 28.4 Å². The van der Waals surface area contributed by atoms with Crippen LogP contribution in [-0.2, 0) is 17.6 Å². The van der Waals surface area contributed by atoms with Crippen LogP contribution >= 0.6 is 11.3 Å². The SMILES string of the molecule is CC1=CCC[C@@]2(C)[C@@H](CC[C@@]2(O)CN(CCc2cccs2)C(=O)O[C@H]2C[C@@H](C)CC[C@@H]2C(C)C)c2ccc(cc2C(=O)c2ccco2)C[C@@H](O)CC1. The van der Waals surface area contributed by atoms with Gasteiger partial charge in [-0.1, -0.05) is 64.0 Å². The van der Waals surface area contributed by atoms with Gasteiger partial charge in [-0.3, -0.25) is 4.79 Å². The maximum Gasteiger partial charge on any atom is 0.410 e. The van der Waals surface area contributed by atoms with E-state index in [4.69, 9.17) is 9.15 Å². The van der Waals surface area contributed by atoms with Crippen LogP contribution in [0.3, 0.4) is 0 Å². The Morgan fingerprint density at radius 2 is 1.92 bits per heavy atom. The molecule has 7 atom stereocenters. The number of aliphatic hydroxyl groups is 2. The van der Waals surface area contributed by atoms with Crippen molar-refractivity contribution < 1.29 is 29.0 Å². The van der Waals surface area contributed by atoms with Gasteiger partial charge in [0.15, 0.2) is 5.76 Å². The smallest absolute Gasteiger partial charge is 0.410 e. The van der Waals surface area contributed by atoms with E-state index in [0.29, 0.717) is 68.4 Å². The second kappa shape index (κ2) is 16.4. The van der Waals surface area contributed by atoms with Crippen LogP contribution in [-0.4, -0.2) is 57.9 Å². The number of hydrogen-bond donors (Lipinski definition) is 2. The number of nitrogens with zero attached hydrogens (tertiary/aromatic N) is 1. The molecule has 0 aliphatic heterocycles. The summed E-state index contributed by atoms with van der Waals surface area (Å²) in [7, 11) is 0. The van der Waals surface area contributed by atoms with Crippen LogP contribution in [0.1, 0.15) is 130 Å². The molecule has 2 N–H and O–H groups in total. The fraction of sp³-hybridized carbons (Fsp3) is 0.591. The van der Waals surface area contributed by atoms with Crippen molar-refractivity contribution in [3.8, 4) is 0 Å². The van der Waals surface area contributed by atoms with E-state index in [1.807, 2.05) is 24.3 Å². The first kappa shape index (κ1) is 38.5. The summed E-state index contributed by atoms with van der Waals surface area (Å²) < 4.78 is 12.1. The third-order valence-corrected chi connectivity index (χ3v) is 13.7. The standard InChI is InChI=1S/C44H59NO6S/c1-29(2)35-16-13-31(4)25-40(35)51-42(48)45(22-19-34-10-8-24-52-34)28-44(49)21-18-38-36-17-14-32(27-37(36)41(47)39-11-7-23-50-39)26-33(46)15-12-30(3)9-6-20-43(38,44)5/h7-11,14,17,23-24,27,29,31,33,35,38,40,46,49H,6,12-13,15-16,18-22,25-26,28H2,1-5H3/t31-,33-,35+,38-,40-,43-,44+/m0/s1. The number of allylic oxidation sites excluding steroid dienone is 2. The molecule has 2 fully saturated rings. The molecule has 2 aromatic heterocycles. The average molecular weight is 730 g/mol. The molecule has 7 rings (SSSR count). The topological polar surface area (TPSA) is 100 Å². The van der Waals surface area contributed by atoms with Crippen molar-refractivity contribution in [2.75, 3.05) is 13.1 Å². The third-order valence-electron chi connectivity index (χ3n) is 12.8. The van der Waals surface area contributed by atoms with Crippen LogP contribution < -0.4 is 0 Å². The number of benzene rings is 1. The van der Waals surface area contributed by atoms with Gasteiger partial charge in [0.25, 0.3) is 0 Å². The number of ether oxygens (including phenoxy) is 1. The number of carbonyl (C=O) groups excluding carboxylic acids is 2. The van der Waals surface area contributed by atoms with Gasteiger partial charge in [-0.05, 0) is 136 Å². The van der Waals surface area contributed by atoms with E-state index in [1.165, 1.54) is 16.7 Å². The molecule has 1 amide bonds. The van der Waals surface area contributed by atoms with Crippen LogP contribution in [0, 0.1) is 23.2 Å². The van der Waals surface area contributed by atoms with Crippen molar-refractivity contribution in [2.24, 2.45) is 23.2 Å². The number of furan rings is 1. The van der Waals surface area contributed by atoms with Crippen molar-refractivity contribution in [2.45, 2.75) is 129 Å². The molecular weight excluding hydrogens is 671 g/mol. The lowest BCUT2D eigenvalue weighted by molar-refractivity contribution is -0.0861. The summed E-state index contributed by atoms with van der Waals surface area (Å²) in [6.07, 6.45) is 11.0. The minimum absolute atomic E-state index is 0.142. The van der Waals surface area contributed by atoms with Crippen molar-refractivity contribution in [1.82, 2.24) is 4.90 Å². The number of aliphatic hydroxyl groups excluding tert-OH is 1. The molecule has 2 heterocycles. The molecule has 2 bridgehead atoms. The van der Waals surface area contributed by atoms with E-state index < -0.39 is 17.1 Å². The average Bonchev–Trinajstić information content (AvgIpc) is 3.88. The Kier molecular flexibility index (Phi) is 12.2. The Bertz CT molecular complexity index is 1680. The number of ketones is 1. The summed E-state index contributed by atoms with van der Waals surface area (Å²) in [5.74, 6) is 1.16. The highest BCUT2D eigenvalue weighted by Crippen LogP contribution is 2.59. The van der Waals surface area contributed by atoms with Gasteiger partial charge in [-0.2, -0.15) is 0 Å². The number of rotatable bonds is 9. The second-order valence-corrected chi connectivity index (χ2v) is 17.8. The van der Waals surface area contributed by atoms with E-state index >= 15 is 0 Å². The van der Waals surface area contributed by atoms with Gasteiger partial charge in [-0.25, -0.2) is 4.79 Å². The first-order valence-electron chi connectivity index (χ1n) is 19.6. The van der Waals surface area contributed by atoms with Crippen LogP contribution in [0.15, 0.2) is 70.2 Å². The lowest BCUT2D eigenvalue weighted by atomic mass is 9.64. The minimum atomic E-state index is -1.23. The molecule has 0 spiro atoms. The highest BCUT2D eigenvalue weighted by atomic mass is 32.1. The summed E-state index contributed by atoms with van der Waals surface area (Å²) in [6.45, 7) is 11.6. The van der Waals surface area contributed by atoms with Gasteiger partial charge >= 0.3 is 6.09 Å². The zero-order valence-electron chi connectivity index (χ0n) is 31.8. The predicted molar refractivity (Wildman–Crippen MR) is 207 cm³/mol. The number of fused-ring (bicyclic) bond motifs is 8. The van der Waals surface area contributed by atoms with Crippen LogP contribution in [0.25, 0.3) is 0 Å². The van der Waals surface area contributed by atoms with Gasteiger partial charge in [-0.15, -0.1) is 11.3 Å². The summed E-state index contributed by atoms with van der Waals surface area (Å²) in [4.78, 5) is 31.4. The molecule has 8 heteroatoms. The second-order valence-electron chi connectivity index (χ2n) is 16.8. The monoisotopic (exact) mass is 729 g/mol. The van der Waals surface area contributed by atoms with Crippen LogP contribution in [0.2, 0.25) is 0 Å². The molecule has 4 aliphatic carbocycles. The van der Waals surface area contributed by atoms with Gasteiger partial charge < -0.3 is 24.3 Å². The van der Waals surface area contributed by atoms with Crippen LogP contribution in [0.4, 0.5) is 4.79 Å². The zero-order valence-corrected chi connectivity index (χ0v) is 32.6. The molecule has 7 nitrogen and oxygen atoms in total. The predicted octanol–water partition coefficient (Wildman–Crippen LogP) is 9.75. The fourth-order valence-electron chi connectivity index (χ4n) is 9.44. The number of amides is 1. The summed E-state index contributed by atoms with van der Waals surface area (Å²) in [5, 5.41) is 26.1. The van der Waals surface area contributed by atoms with Crippen molar-refractivity contribution in [1.29, 1.82) is 0 Å². The van der Waals surface area contributed by atoms with E-state index in [0.717, 1.165) is 43.2 Å². The maximum atomic E-state index is 14.4. The lowest BCUT2D eigenvalue weighted by Gasteiger charge is -2.46. The Morgan fingerprint density at radius 1 is 1.10 bits per heavy atom. The van der Waals surface area contributed by atoms with Crippen molar-refractivity contribution in [3.63, 3.8) is 0 Å². The number of carbonyl (C=O) groups is 2. The highest BCUT2D eigenvalue weighted by molar-refractivity contribution is 7.09. The zero-order chi connectivity index (χ0) is 37.0. The Morgan fingerprint density at radius 3 is 2.65 bits per heavy atom. The minimum Gasteiger partial charge on any atom is -0.461 e. The lowest BCUT2D eigenvalue weighted by Crippen LogP contribution is -2.54. The molecule has 4 aliphatic rings. The van der Waals surface area contributed by atoms with Gasteiger partial charge in [0, 0.05) is 22.4 Å². The molecule has 0 unspecified atom stereocenters. The summed E-state index contributed by atoms with van der Waals surface area (Å²) in [5.41, 5.74) is 1.67. The molecular formula is C44H59NO6S.